The number of nitrogens with zero attached hydrogens (tertiary/aromatic N) is 5. The number of thiazole rings is 1. The van der Waals surface area contributed by atoms with Gasteiger partial charge < -0.3 is 4.90 Å². The Morgan fingerprint density at radius 3 is 2.83 bits per heavy atom. The number of hydrogen-bond donors (Lipinski definition) is 1. The fourth-order valence-corrected chi connectivity index (χ4v) is 2.83. The van der Waals surface area contributed by atoms with Gasteiger partial charge in [0.2, 0.25) is 5.95 Å². The van der Waals surface area contributed by atoms with Crippen molar-refractivity contribution in [2.24, 2.45) is 0 Å². The molecule has 1 N–H and O–H groups in total. The molecule has 0 aliphatic carbocycles. The maximum absolute atomic E-state index is 12.3. The second-order valence-electron chi connectivity index (χ2n) is 5.49. The molecule has 3 aromatic rings. The lowest BCUT2D eigenvalue weighted by atomic mass is 10.2. The minimum Gasteiger partial charge on any atom is -0.308 e. The van der Waals surface area contributed by atoms with Crippen LogP contribution in [0.15, 0.2) is 42.0 Å². The minimum absolute atomic E-state index is 0.285. The van der Waals surface area contributed by atoms with Gasteiger partial charge >= 0.3 is 0 Å². The number of amides is 1. The van der Waals surface area contributed by atoms with Crippen molar-refractivity contribution in [3.05, 3.63) is 47.7 Å². The minimum atomic E-state index is -0.307. The summed E-state index contributed by atoms with van der Waals surface area (Å²) in [4.78, 5) is 22.8. The van der Waals surface area contributed by atoms with Gasteiger partial charge in [0.15, 0.2) is 0 Å². The zero-order valence-corrected chi connectivity index (χ0v) is 14.3. The number of aromatic nitrogens is 4. The third-order valence-corrected chi connectivity index (χ3v) is 4.19. The fraction of sp³-hybridized carbons (Fsp3) is 0.250. The fourth-order valence-electron chi connectivity index (χ4n) is 2.02. The Labute approximate surface area is 144 Å². The summed E-state index contributed by atoms with van der Waals surface area (Å²) in [6.45, 7) is 1.56. The van der Waals surface area contributed by atoms with Gasteiger partial charge in [-0.1, -0.05) is 30.3 Å². The van der Waals surface area contributed by atoms with Crippen molar-refractivity contribution in [2.45, 2.75) is 6.54 Å². The highest BCUT2D eigenvalue weighted by Gasteiger charge is 2.14. The molecule has 7 nitrogen and oxygen atoms in total. The van der Waals surface area contributed by atoms with Crippen LogP contribution in [0.4, 0.5) is 5.95 Å². The largest absolute Gasteiger partial charge is 0.308 e. The van der Waals surface area contributed by atoms with Crippen LogP contribution >= 0.6 is 11.3 Å². The van der Waals surface area contributed by atoms with Gasteiger partial charge in [0.05, 0.1) is 6.54 Å². The number of likely N-dealkylation sites (N-methyl/N-ethyl adjacent to an activating group) is 1. The lowest BCUT2D eigenvalue weighted by Gasteiger charge is -2.07. The number of anilines is 1. The molecule has 3 rings (SSSR count). The Kier molecular flexibility index (Phi) is 4.97. The number of benzene rings is 1. The van der Waals surface area contributed by atoms with E-state index in [-0.39, 0.29) is 11.9 Å². The predicted octanol–water partition coefficient (Wildman–Crippen LogP) is 2.22. The van der Waals surface area contributed by atoms with Crippen LogP contribution < -0.4 is 5.32 Å². The molecule has 0 aliphatic rings. The zero-order valence-electron chi connectivity index (χ0n) is 13.5. The van der Waals surface area contributed by atoms with Gasteiger partial charge in [0.1, 0.15) is 17.0 Å². The van der Waals surface area contributed by atoms with E-state index in [1.165, 1.54) is 11.3 Å². The molecule has 0 saturated carbocycles. The van der Waals surface area contributed by atoms with E-state index in [0.29, 0.717) is 12.2 Å². The van der Waals surface area contributed by atoms with Gasteiger partial charge in [-0.25, -0.2) is 14.6 Å². The van der Waals surface area contributed by atoms with Gasteiger partial charge in [-0.3, -0.25) is 10.1 Å². The Morgan fingerprint density at radius 1 is 1.29 bits per heavy atom. The molecule has 1 aromatic carbocycles. The summed E-state index contributed by atoms with van der Waals surface area (Å²) in [5, 5.41) is 9.46. The first-order valence-corrected chi connectivity index (χ1v) is 8.36. The van der Waals surface area contributed by atoms with Crippen molar-refractivity contribution in [1.29, 1.82) is 0 Å². The summed E-state index contributed by atoms with van der Waals surface area (Å²) in [7, 11) is 3.98. The molecule has 0 bridgehead atoms. The van der Waals surface area contributed by atoms with Crippen molar-refractivity contribution in [2.75, 3.05) is 26.0 Å². The molecule has 124 valence electrons. The van der Waals surface area contributed by atoms with Crippen LogP contribution in [-0.4, -0.2) is 51.2 Å². The average molecular weight is 342 g/mol. The summed E-state index contributed by atoms with van der Waals surface area (Å²) in [5.74, 6) is -0.0215. The van der Waals surface area contributed by atoms with E-state index in [1.54, 1.807) is 16.4 Å². The smallest absolute Gasteiger partial charge is 0.277 e. The van der Waals surface area contributed by atoms with Gasteiger partial charge in [-0.05, 0) is 14.1 Å². The second kappa shape index (κ2) is 7.33. The number of hydrogen-bond acceptors (Lipinski definition) is 6. The number of carbonyl (C=O) groups is 1. The summed E-state index contributed by atoms with van der Waals surface area (Å²) < 4.78 is 1.70. The normalized spacial score (nSPS) is 11.0. The molecule has 0 fully saturated rings. The molecule has 0 atom stereocenters. The van der Waals surface area contributed by atoms with Crippen LogP contribution in [0.25, 0.3) is 10.6 Å². The molecule has 24 heavy (non-hydrogen) atoms. The Bertz CT molecular complexity index is 811. The van der Waals surface area contributed by atoms with Crippen LogP contribution in [-0.2, 0) is 6.54 Å². The van der Waals surface area contributed by atoms with Crippen molar-refractivity contribution < 1.29 is 4.79 Å². The molecule has 0 radical (unpaired) electrons. The third-order valence-electron chi connectivity index (χ3n) is 3.30. The van der Waals surface area contributed by atoms with Crippen LogP contribution in [0.3, 0.4) is 0 Å². The van der Waals surface area contributed by atoms with Gasteiger partial charge in [-0.2, -0.15) is 0 Å². The highest BCUT2D eigenvalue weighted by molar-refractivity contribution is 7.13. The third kappa shape index (κ3) is 4.03. The van der Waals surface area contributed by atoms with E-state index in [2.05, 4.69) is 25.3 Å². The first kappa shape index (κ1) is 16.3. The number of carbonyl (C=O) groups excluding carboxylic acids is 1. The van der Waals surface area contributed by atoms with Crippen LogP contribution in [0.2, 0.25) is 0 Å². The number of rotatable bonds is 6. The summed E-state index contributed by atoms with van der Waals surface area (Å²) >= 11 is 1.43. The molecule has 2 heterocycles. The van der Waals surface area contributed by atoms with Crippen molar-refractivity contribution >= 4 is 23.2 Å². The molecular weight excluding hydrogens is 324 g/mol. The van der Waals surface area contributed by atoms with Gasteiger partial charge in [0, 0.05) is 17.5 Å². The van der Waals surface area contributed by atoms with E-state index in [0.717, 1.165) is 17.1 Å². The first-order valence-electron chi connectivity index (χ1n) is 7.48. The Balaban J connectivity index is 1.64. The van der Waals surface area contributed by atoms with E-state index in [9.17, 15) is 4.79 Å². The van der Waals surface area contributed by atoms with E-state index in [4.69, 9.17) is 0 Å². The monoisotopic (exact) mass is 342 g/mol. The maximum Gasteiger partial charge on any atom is 0.277 e. The molecule has 2 aromatic heterocycles. The number of nitrogens with one attached hydrogen (secondary N) is 1. The maximum atomic E-state index is 12.3. The summed E-state index contributed by atoms with van der Waals surface area (Å²) in [6, 6.07) is 9.77. The van der Waals surface area contributed by atoms with E-state index < -0.39 is 0 Å². The highest BCUT2D eigenvalue weighted by Crippen LogP contribution is 2.23. The second-order valence-corrected chi connectivity index (χ2v) is 6.35. The van der Waals surface area contributed by atoms with Crippen molar-refractivity contribution in [1.82, 2.24) is 24.6 Å². The standard InChI is InChI=1S/C16H18N6OS/c1-21(2)8-9-22-11-17-16(20-22)19-14(23)13-10-24-15(18-13)12-6-4-3-5-7-12/h3-7,10-11H,8-9H2,1-2H3,(H,19,20,23). The summed E-state index contributed by atoms with van der Waals surface area (Å²) in [5.41, 5.74) is 1.36. The van der Waals surface area contributed by atoms with Gasteiger partial charge in [0.25, 0.3) is 5.91 Å². The van der Waals surface area contributed by atoms with Gasteiger partial charge in [-0.15, -0.1) is 16.4 Å². The molecule has 8 heteroatoms. The van der Waals surface area contributed by atoms with Crippen LogP contribution in [0.5, 0.6) is 0 Å². The van der Waals surface area contributed by atoms with Crippen molar-refractivity contribution in [3.8, 4) is 10.6 Å². The quantitative estimate of drug-likeness (QED) is 0.743. The molecule has 0 aliphatic heterocycles. The van der Waals surface area contributed by atoms with Crippen LogP contribution in [0, 0.1) is 0 Å². The molecule has 0 spiro atoms. The Morgan fingerprint density at radius 2 is 2.08 bits per heavy atom. The topological polar surface area (TPSA) is 75.9 Å². The van der Waals surface area contributed by atoms with E-state index >= 15 is 0 Å². The van der Waals surface area contributed by atoms with Crippen LogP contribution in [0.1, 0.15) is 10.5 Å². The zero-order chi connectivity index (χ0) is 16.9. The molecule has 0 unspecified atom stereocenters. The Hall–Kier alpha value is -2.58. The average Bonchev–Trinajstić information content (AvgIpc) is 3.23. The predicted molar refractivity (Wildman–Crippen MR) is 94.1 cm³/mol. The highest BCUT2D eigenvalue weighted by atomic mass is 32.1. The molecular formula is C16H18N6OS. The van der Waals surface area contributed by atoms with E-state index in [1.807, 2.05) is 44.4 Å². The van der Waals surface area contributed by atoms with Crippen molar-refractivity contribution in [3.63, 3.8) is 0 Å². The SMILES string of the molecule is CN(C)CCn1cnc(NC(=O)c2csc(-c3ccccc3)n2)n1. The first-order chi connectivity index (χ1) is 11.6. The lowest BCUT2D eigenvalue weighted by molar-refractivity contribution is 0.102. The lowest BCUT2D eigenvalue weighted by Crippen LogP contribution is -2.19. The molecule has 1 amide bonds. The molecule has 0 saturated heterocycles. The summed E-state index contributed by atoms with van der Waals surface area (Å²) in [6.07, 6.45) is 1.61.